The van der Waals surface area contributed by atoms with Crippen LogP contribution in [0.25, 0.3) is 0 Å². The summed E-state index contributed by atoms with van der Waals surface area (Å²) in [7, 11) is 0. The van der Waals surface area contributed by atoms with Gasteiger partial charge in [0.25, 0.3) is 5.91 Å². The first-order valence-corrected chi connectivity index (χ1v) is 10.2. The third-order valence-corrected chi connectivity index (χ3v) is 5.55. The van der Waals surface area contributed by atoms with Crippen molar-refractivity contribution in [3.05, 3.63) is 72.4 Å². The molecule has 0 radical (unpaired) electrons. The van der Waals surface area contributed by atoms with E-state index in [1.54, 1.807) is 17.4 Å². The third-order valence-electron chi connectivity index (χ3n) is 5.55. The second-order valence-electron chi connectivity index (χ2n) is 7.50. The summed E-state index contributed by atoms with van der Waals surface area (Å²) in [5, 5.41) is 0. The fraction of sp³-hybridized carbons (Fsp3) is 0.391. The number of amides is 1. The highest BCUT2D eigenvalue weighted by Gasteiger charge is 2.22. The van der Waals surface area contributed by atoms with Crippen molar-refractivity contribution >= 4 is 5.91 Å². The Morgan fingerprint density at radius 1 is 1.07 bits per heavy atom. The molecule has 1 aromatic heterocycles. The number of hydrogen-bond acceptors (Lipinski definition) is 4. The van der Waals surface area contributed by atoms with E-state index in [0.29, 0.717) is 23.8 Å². The van der Waals surface area contributed by atoms with Gasteiger partial charge in [-0.2, -0.15) is 0 Å². The third kappa shape index (κ3) is 4.42. The molecule has 2 aliphatic heterocycles. The molecule has 1 unspecified atom stereocenters. The van der Waals surface area contributed by atoms with Gasteiger partial charge in [-0.25, -0.2) is 0 Å². The number of benzene rings is 1. The lowest BCUT2D eigenvalue weighted by atomic mass is 9.94. The van der Waals surface area contributed by atoms with E-state index in [1.807, 2.05) is 36.5 Å². The first-order valence-electron chi connectivity index (χ1n) is 10.2. The van der Waals surface area contributed by atoms with Crippen molar-refractivity contribution in [1.82, 2.24) is 14.8 Å². The molecule has 1 atom stereocenters. The summed E-state index contributed by atoms with van der Waals surface area (Å²) in [4.78, 5) is 21.6. The van der Waals surface area contributed by atoms with Gasteiger partial charge in [-0.05, 0) is 63.0 Å². The number of hydrogen-bond donors (Lipinski definition) is 0. The predicted molar refractivity (Wildman–Crippen MR) is 109 cm³/mol. The van der Waals surface area contributed by atoms with Gasteiger partial charge in [0.2, 0.25) is 0 Å². The fourth-order valence-electron chi connectivity index (χ4n) is 4.06. The van der Waals surface area contributed by atoms with Crippen LogP contribution in [0.5, 0.6) is 5.75 Å². The van der Waals surface area contributed by atoms with Gasteiger partial charge in [-0.1, -0.05) is 18.2 Å². The van der Waals surface area contributed by atoms with Gasteiger partial charge in [0, 0.05) is 37.1 Å². The Hall–Kier alpha value is -2.66. The lowest BCUT2D eigenvalue weighted by molar-refractivity contribution is 0.0820. The van der Waals surface area contributed by atoms with E-state index in [4.69, 9.17) is 4.74 Å². The largest absolute Gasteiger partial charge is 0.463 e. The number of rotatable bonds is 6. The zero-order valence-electron chi connectivity index (χ0n) is 16.2. The molecule has 2 aliphatic rings. The van der Waals surface area contributed by atoms with Gasteiger partial charge in [-0.15, -0.1) is 0 Å². The minimum Gasteiger partial charge on any atom is -0.463 e. The predicted octanol–water partition coefficient (Wildman–Crippen LogP) is 4.05. The molecule has 0 bridgehead atoms. The van der Waals surface area contributed by atoms with E-state index in [1.165, 1.54) is 18.5 Å². The van der Waals surface area contributed by atoms with Gasteiger partial charge in [0.15, 0.2) is 0 Å². The average molecular weight is 377 g/mol. The summed E-state index contributed by atoms with van der Waals surface area (Å²) in [5.41, 5.74) is 1.84. The van der Waals surface area contributed by atoms with Crippen LogP contribution in [0.4, 0.5) is 0 Å². The number of pyridine rings is 1. The maximum atomic E-state index is 12.7. The first kappa shape index (κ1) is 18.7. The molecule has 3 heterocycles. The molecule has 0 N–H and O–H groups in total. The first-order chi connectivity index (χ1) is 13.8. The highest BCUT2D eigenvalue weighted by molar-refractivity contribution is 5.97. The lowest BCUT2D eigenvalue weighted by Crippen LogP contribution is -2.35. The molecule has 1 saturated heterocycles. The molecule has 5 nitrogen and oxygen atoms in total. The average Bonchev–Trinajstić information content (AvgIpc) is 2.91. The number of carbonyl (C=O) groups excluding carboxylic acids is 1. The molecule has 1 amide bonds. The number of aromatic nitrogens is 1. The molecular weight excluding hydrogens is 350 g/mol. The summed E-state index contributed by atoms with van der Waals surface area (Å²) >= 11 is 0. The van der Waals surface area contributed by atoms with Crippen LogP contribution in [-0.4, -0.2) is 46.9 Å². The second-order valence-corrected chi connectivity index (χ2v) is 7.50. The second kappa shape index (κ2) is 9.02. The Kier molecular flexibility index (Phi) is 6.02. The highest BCUT2D eigenvalue weighted by atomic mass is 16.5. The van der Waals surface area contributed by atoms with Crippen LogP contribution in [-0.2, 0) is 0 Å². The van der Waals surface area contributed by atoms with Crippen molar-refractivity contribution < 1.29 is 9.53 Å². The van der Waals surface area contributed by atoms with Crippen molar-refractivity contribution in [2.45, 2.75) is 31.6 Å². The maximum Gasteiger partial charge on any atom is 0.261 e. The number of carbonyl (C=O) groups is 1. The molecule has 5 heteroatoms. The van der Waals surface area contributed by atoms with Crippen molar-refractivity contribution in [2.75, 3.05) is 26.2 Å². The van der Waals surface area contributed by atoms with Crippen LogP contribution in [0, 0.1) is 0 Å². The fourth-order valence-corrected chi connectivity index (χ4v) is 4.06. The number of nitrogens with zero attached hydrogens (tertiary/aromatic N) is 3. The molecule has 4 rings (SSSR count). The number of piperidine rings is 1. The van der Waals surface area contributed by atoms with E-state index in [0.717, 1.165) is 32.5 Å². The molecule has 146 valence electrons. The van der Waals surface area contributed by atoms with Gasteiger partial charge in [0.1, 0.15) is 12.0 Å². The molecule has 1 fully saturated rings. The van der Waals surface area contributed by atoms with Crippen LogP contribution in [0.3, 0.4) is 0 Å². The number of para-hydroxylation sites is 1. The molecular formula is C23H27N3O2. The topological polar surface area (TPSA) is 45.7 Å². The zero-order valence-corrected chi connectivity index (χ0v) is 16.2. The van der Waals surface area contributed by atoms with Crippen LogP contribution < -0.4 is 4.74 Å². The standard InChI is InChI=1S/C23H27N3O2/c27-23-20-9-1-2-11-22(20)28-17-16-26(23)15-6-5-13-25-14-7-8-19(18-25)21-10-3-4-12-24-21/h1-4,9-12,16-17,19H,5-8,13-15,18H2. The number of unbranched alkanes of at least 4 members (excludes halogenated alkanes) is 1. The minimum absolute atomic E-state index is 0.0116. The van der Waals surface area contributed by atoms with E-state index >= 15 is 0 Å². The normalized spacial score (nSPS) is 19.8. The van der Waals surface area contributed by atoms with Gasteiger partial charge in [-0.3, -0.25) is 9.78 Å². The lowest BCUT2D eigenvalue weighted by Gasteiger charge is -2.32. The minimum atomic E-state index is 0.0116. The summed E-state index contributed by atoms with van der Waals surface area (Å²) in [5.74, 6) is 1.18. The number of ether oxygens (including phenoxy) is 1. The SMILES string of the molecule is O=C1c2ccccc2OC=CN1CCCCN1CCCC(c2ccccn2)C1. The molecule has 0 aliphatic carbocycles. The van der Waals surface area contributed by atoms with E-state index in [2.05, 4.69) is 22.0 Å². The Morgan fingerprint density at radius 2 is 1.93 bits per heavy atom. The van der Waals surface area contributed by atoms with Gasteiger partial charge in [0.05, 0.1) is 5.56 Å². The van der Waals surface area contributed by atoms with Crippen molar-refractivity contribution in [2.24, 2.45) is 0 Å². The summed E-state index contributed by atoms with van der Waals surface area (Å²) < 4.78 is 5.55. The molecule has 0 spiro atoms. The van der Waals surface area contributed by atoms with E-state index in [-0.39, 0.29) is 5.91 Å². The molecule has 28 heavy (non-hydrogen) atoms. The zero-order chi connectivity index (χ0) is 19.2. The quantitative estimate of drug-likeness (QED) is 0.713. The molecule has 2 aromatic rings. The molecule has 1 aromatic carbocycles. The highest BCUT2D eigenvalue weighted by Crippen LogP contribution is 2.26. The van der Waals surface area contributed by atoms with Crippen LogP contribution in [0.2, 0.25) is 0 Å². The van der Waals surface area contributed by atoms with E-state index in [9.17, 15) is 4.79 Å². The van der Waals surface area contributed by atoms with Crippen molar-refractivity contribution in [3.63, 3.8) is 0 Å². The Morgan fingerprint density at radius 3 is 2.82 bits per heavy atom. The molecule has 0 saturated carbocycles. The number of fused-ring (bicyclic) bond motifs is 1. The number of likely N-dealkylation sites (tertiary alicyclic amines) is 1. The van der Waals surface area contributed by atoms with Gasteiger partial charge < -0.3 is 14.5 Å². The smallest absolute Gasteiger partial charge is 0.261 e. The Labute approximate surface area is 166 Å². The maximum absolute atomic E-state index is 12.7. The van der Waals surface area contributed by atoms with Gasteiger partial charge >= 0.3 is 0 Å². The van der Waals surface area contributed by atoms with Crippen molar-refractivity contribution in [3.8, 4) is 5.75 Å². The Bertz CT molecular complexity index is 822. The summed E-state index contributed by atoms with van der Waals surface area (Å²) in [6, 6.07) is 13.6. The van der Waals surface area contributed by atoms with Crippen LogP contribution >= 0.6 is 0 Å². The van der Waals surface area contributed by atoms with E-state index < -0.39 is 0 Å². The Balaban J connectivity index is 1.25. The monoisotopic (exact) mass is 377 g/mol. The summed E-state index contributed by atoms with van der Waals surface area (Å²) in [6.45, 7) is 4.03. The van der Waals surface area contributed by atoms with Crippen molar-refractivity contribution in [1.29, 1.82) is 0 Å². The summed E-state index contributed by atoms with van der Waals surface area (Å²) in [6.07, 6.45) is 9.74. The van der Waals surface area contributed by atoms with Crippen LogP contribution in [0.15, 0.2) is 61.1 Å². The van der Waals surface area contributed by atoms with Crippen LogP contribution in [0.1, 0.15) is 47.7 Å².